The highest BCUT2D eigenvalue weighted by atomic mass is 35.5. The minimum Gasteiger partial charge on any atom is -0.293 e. The summed E-state index contributed by atoms with van der Waals surface area (Å²) >= 11 is 6.14. The number of fused-ring (bicyclic) bond motifs is 1. The maximum Gasteiger partial charge on any atom is 0.240 e. The zero-order valence-electron chi connectivity index (χ0n) is 16.1. The van der Waals surface area contributed by atoms with E-state index in [1.54, 1.807) is 24.3 Å². The van der Waals surface area contributed by atoms with Crippen LogP contribution in [0.15, 0.2) is 83.8 Å². The summed E-state index contributed by atoms with van der Waals surface area (Å²) in [6.07, 6.45) is 0.660. The number of rotatable bonds is 6. The SMILES string of the molecule is CN(Cc1cccc(Cl)c1)[C@H]1c2ccccc2C[C@@H]1NS(=O)(=O)c1ccccc1. The minimum atomic E-state index is -3.61. The van der Waals surface area contributed by atoms with Crippen molar-refractivity contribution < 1.29 is 8.42 Å². The van der Waals surface area contributed by atoms with Crippen molar-refractivity contribution in [3.05, 3.63) is 101 Å². The van der Waals surface area contributed by atoms with Gasteiger partial charge in [0.25, 0.3) is 0 Å². The Hall–Kier alpha value is -2.18. The number of sulfonamides is 1. The Bertz CT molecular complexity index is 1100. The fraction of sp³-hybridized carbons (Fsp3) is 0.217. The van der Waals surface area contributed by atoms with Gasteiger partial charge in [0.1, 0.15) is 0 Å². The van der Waals surface area contributed by atoms with E-state index in [0.29, 0.717) is 18.0 Å². The summed E-state index contributed by atoms with van der Waals surface area (Å²) < 4.78 is 28.9. The smallest absolute Gasteiger partial charge is 0.240 e. The molecule has 4 nitrogen and oxygen atoms in total. The molecule has 0 heterocycles. The molecule has 1 aliphatic carbocycles. The first kappa shape index (κ1) is 20.1. The van der Waals surface area contributed by atoms with Crippen LogP contribution in [-0.2, 0) is 23.0 Å². The van der Waals surface area contributed by atoms with E-state index in [1.807, 2.05) is 49.5 Å². The molecule has 29 heavy (non-hydrogen) atoms. The molecule has 0 saturated carbocycles. The van der Waals surface area contributed by atoms with E-state index in [-0.39, 0.29) is 17.0 Å². The van der Waals surface area contributed by atoms with Crippen LogP contribution in [0.4, 0.5) is 0 Å². The fourth-order valence-corrected chi connectivity index (χ4v) is 5.59. The lowest BCUT2D eigenvalue weighted by molar-refractivity contribution is 0.209. The molecule has 0 spiro atoms. The highest BCUT2D eigenvalue weighted by Crippen LogP contribution is 2.37. The Morgan fingerprint density at radius 1 is 1.00 bits per heavy atom. The molecule has 4 rings (SSSR count). The van der Waals surface area contributed by atoms with Crippen LogP contribution in [0.3, 0.4) is 0 Å². The zero-order chi connectivity index (χ0) is 20.4. The molecule has 0 unspecified atom stereocenters. The molecular formula is C23H23ClN2O2S. The standard InChI is InChI=1S/C23H23ClN2O2S/c1-26(16-17-8-7-10-19(24)14-17)23-21-13-6-5-9-18(21)15-22(23)25-29(27,28)20-11-3-2-4-12-20/h2-14,22-23,25H,15-16H2,1H3/t22-,23-/m0/s1. The van der Waals surface area contributed by atoms with E-state index in [1.165, 1.54) is 5.56 Å². The summed E-state index contributed by atoms with van der Waals surface area (Å²) in [5.41, 5.74) is 3.43. The maximum atomic E-state index is 13.0. The van der Waals surface area contributed by atoms with Gasteiger partial charge >= 0.3 is 0 Å². The van der Waals surface area contributed by atoms with Crippen molar-refractivity contribution in [1.29, 1.82) is 0 Å². The van der Waals surface area contributed by atoms with E-state index in [4.69, 9.17) is 11.6 Å². The number of hydrogen-bond acceptors (Lipinski definition) is 3. The van der Waals surface area contributed by atoms with E-state index >= 15 is 0 Å². The average Bonchev–Trinajstić information content (AvgIpc) is 3.06. The number of nitrogens with one attached hydrogen (secondary N) is 1. The van der Waals surface area contributed by atoms with E-state index in [9.17, 15) is 8.42 Å². The third-order valence-electron chi connectivity index (χ3n) is 5.35. The number of hydrogen-bond donors (Lipinski definition) is 1. The molecular weight excluding hydrogens is 404 g/mol. The summed E-state index contributed by atoms with van der Waals surface area (Å²) in [7, 11) is -1.58. The van der Waals surface area contributed by atoms with Crippen molar-refractivity contribution in [3.63, 3.8) is 0 Å². The molecule has 0 amide bonds. The van der Waals surface area contributed by atoms with Crippen LogP contribution in [0.2, 0.25) is 5.02 Å². The molecule has 6 heteroatoms. The predicted molar refractivity (Wildman–Crippen MR) is 116 cm³/mol. The van der Waals surface area contributed by atoms with Gasteiger partial charge in [-0.2, -0.15) is 0 Å². The van der Waals surface area contributed by atoms with Crippen LogP contribution < -0.4 is 4.72 Å². The van der Waals surface area contributed by atoms with E-state index < -0.39 is 10.0 Å². The van der Waals surface area contributed by atoms with Crippen LogP contribution >= 0.6 is 11.6 Å². The van der Waals surface area contributed by atoms with E-state index in [0.717, 1.165) is 11.1 Å². The molecule has 150 valence electrons. The van der Waals surface area contributed by atoms with Crippen molar-refractivity contribution in [2.24, 2.45) is 0 Å². The van der Waals surface area contributed by atoms with Gasteiger partial charge in [-0.1, -0.05) is 66.2 Å². The first-order chi connectivity index (χ1) is 13.9. The molecule has 0 fully saturated rings. The Kier molecular flexibility index (Phi) is 5.74. The molecule has 0 radical (unpaired) electrons. The molecule has 3 aromatic carbocycles. The maximum absolute atomic E-state index is 13.0. The summed E-state index contributed by atoms with van der Waals surface area (Å²) in [4.78, 5) is 2.47. The summed E-state index contributed by atoms with van der Waals surface area (Å²) in [6.45, 7) is 0.670. The molecule has 0 bridgehead atoms. The second-order valence-corrected chi connectivity index (χ2v) is 9.58. The Labute approximate surface area is 177 Å². The van der Waals surface area contributed by atoms with Crippen molar-refractivity contribution in [2.75, 3.05) is 7.05 Å². The third-order valence-corrected chi connectivity index (χ3v) is 7.09. The molecule has 3 aromatic rings. The number of benzene rings is 3. The van der Waals surface area contributed by atoms with Crippen LogP contribution in [0, 0.1) is 0 Å². The number of likely N-dealkylation sites (N-methyl/N-ethyl adjacent to an activating group) is 1. The van der Waals surface area contributed by atoms with Crippen molar-refractivity contribution in [3.8, 4) is 0 Å². The van der Waals surface area contributed by atoms with Crippen molar-refractivity contribution in [2.45, 2.75) is 29.9 Å². The fourth-order valence-electron chi connectivity index (χ4n) is 4.11. The Morgan fingerprint density at radius 2 is 1.72 bits per heavy atom. The first-order valence-electron chi connectivity index (χ1n) is 9.54. The Balaban J connectivity index is 1.63. The minimum absolute atomic E-state index is 0.0660. The normalized spacial score (nSPS) is 18.7. The second kappa shape index (κ2) is 8.28. The average molecular weight is 427 g/mol. The van der Waals surface area contributed by atoms with Gasteiger partial charge in [-0.25, -0.2) is 13.1 Å². The predicted octanol–water partition coefficient (Wildman–Crippen LogP) is 4.42. The van der Waals surface area contributed by atoms with Gasteiger partial charge in [-0.15, -0.1) is 0 Å². The highest BCUT2D eigenvalue weighted by Gasteiger charge is 2.37. The lowest BCUT2D eigenvalue weighted by Gasteiger charge is -2.31. The first-order valence-corrected chi connectivity index (χ1v) is 11.4. The van der Waals surface area contributed by atoms with Crippen molar-refractivity contribution in [1.82, 2.24) is 9.62 Å². The van der Waals surface area contributed by atoms with Gasteiger partial charge < -0.3 is 0 Å². The molecule has 1 N–H and O–H groups in total. The van der Waals surface area contributed by atoms with Gasteiger partial charge in [0, 0.05) is 17.6 Å². The van der Waals surface area contributed by atoms with Gasteiger partial charge in [-0.3, -0.25) is 4.90 Å². The zero-order valence-corrected chi connectivity index (χ0v) is 17.7. The molecule has 0 aromatic heterocycles. The highest BCUT2D eigenvalue weighted by molar-refractivity contribution is 7.89. The van der Waals surface area contributed by atoms with Gasteiger partial charge in [0.05, 0.1) is 10.9 Å². The molecule has 2 atom stereocenters. The van der Waals surface area contributed by atoms with Gasteiger partial charge in [0.2, 0.25) is 10.0 Å². The summed E-state index contributed by atoms with van der Waals surface area (Å²) in [5, 5.41) is 0.698. The van der Waals surface area contributed by atoms with Crippen LogP contribution in [0.25, 0.3) is 0 Å². The van der Waals surface area contributed by atoms with Crippen LogP contribution in [0.5, 0.6) is 0 Å². The third kappa shape index (κ3) is 4.38. The second-order valence-electron chi connectivity index (χ2n) is 7.43. The summed E-state index contributed by atoms with van der Waals surface area (Å²) in [5.74, 6) is 0. The largest absolute Gasteiger partial charge is 0.293 e. The quantitative estimate of drug-likeness (QED) is 0.634. The topological polar surface area (TPSA) is 49.4 Å². The van der Waals surface area contributed by atoms with Crippen LogP contribution in [-0.4, -0.2) is 26.4 Å². The van der Waals surface area contributed by atoms with Gasteiger partial charge in [-0.05, 0) is 54.4 Å². The number of nitrogens with zero attached hydrogens (tertiary/aromatic N) is 1. The Morgan fingerprint density at radius 3 is 2.48 bits per heavy atom. The van der Waals surface area contributed by atoms with E-state index in [2.05, 4.69) is 21.8 Å². The lowest BCUT2D eigenvalue weighted by Crippen LogP contribution is -2.43. The summed E-state index contributed by atoms with van der Waals surface area (Å²) in [6, 6.07) is 24.2. The lowest BCUT2D eigenvalue weighted by atomic mass is 10.0. The molecule has 0 saturated heterocycles. The van der Waals surface area contributed by atoms with Crippen molar-refractivity contribution >= 4 is 21.6 Å². The molecule has 0 aliphatic heterocycles. The number of halogens is 1. The monoisotopic (exact) mass is 426 g/mol. The van der Waals surface area contributed by atoms with Crippen LogP contribution in [0.1, 0.15) is 22.7 Å². The van der Waals surface area contributed by atoms with Gasteiger partial charge in [0.15, 0.2) is 0 Å². The molecule has 1 aliphatic rings.